The van der Waals surface area contributed by atoms with E-state index in [2.05, 4.69) is 53.9 Å². The highest BCUT2D eigenvalue weighted by atomic mass is 15.4. The maximum Gasteiger partial charge on any atom is 0.161 e. The second-order valence-corrected chi connectivity index (χ2v) is 7.05. The average Bonchev–Trinajstić information content (AvgIpc) is 3.30. The van der Waals surface area contributed by atoms with Crippen LogP contribution in [0.2, 0.25) is 0 Å². The van der Waals surface area contributed by atoms with Gasteiger partial charge in [-0.3, -0.25) is 4.90 Å². The van der Waals surface area contributed by atoms with E-state index in [4.69, 9.17) is 10.1 Å². The lowest BCUT2D eigenvalue weighted by atomic mass is 9.95. The van der Waals surface area contributed by atoms with Crippen molar-refractivity contribution in [3.63, 3.8) is 0 Å². The molecule has 1 atom stereocenters. The van der Waals surface area contributed by atoms with Crippen LogP contribution >= 0.6 is 0 Å². The molecule has 122 valence electrons. The Bertz CT molecular complexity index is 672. The van der Waals surface area contributed by atoms with Crippen LogP contribution in [0.1, 0.15) is 62.3 Å². The predicted molar refractivity (Wildman–Crippen MR) is 91.4 cm³/mol. The molecule has 4 heteroatoms. The number of aromatic nitrogens is 3. The van der Waals surface area contributed by atoms with E-state index in [1.54, 1.807) is 0 Å². The number of benzene rings is 1. The number of nitrogens with zero attached hydrogens (tertiary/aromatic N) is 4. The monoisotopic (exact) mass is 310 g/mol. The summed E-state index contributed by atoms with van der Waals surface area (Å²) in [6, 6.07) is 11.2. The molecular formula is C19H26N4. The summed E-state index contributed by atoms with van der Waals surface area (Å²) >= 11 is 0. The molecule has 2 heterocycles. The van der Waals surface area contributed by atoms with Gasteiger partial charge in [-0.15, -0.1) is 0 Å². The van der Waals surface area contributed by atoms with E-state index in [9.17, 15) is 0 Å². The fraction of sp³-hybridized carbons (Fsp3) is 0.579. The van der Waals surface area contributed by atoms with Crippen LogP contribution in [-0.4, -0.2) is 33.3 Å². The van der Waals surface area contributed by atoms with Crippen molar-refractivity contribution in [3.8, 4) is 0 Å². The highest BCUT2D eigenvalue weighted by molar-refractivity contribution is 5.39. The van der Waals surface area contributed by atoms with Crippen molar-refractivity contribution in [3.05, 3.63) is 47.5 Å². The van der Waals surface area contributed by atoms with Crippen LogP contribution in [0.5, 0.6) is 0 Å². The van der Waals surface area contributed by atoms with E-state index < -0.39 is 0 Å². The van der Waals surface area contributed by atoms with Crippen molar-refractivity contribution < 1.29 is 0 Å². The molecule has 4 rings (SSSR count). The van der Waals surface area contributed by atoms with E-state index in [1.165, 1.54) is 50.0 Å². The normalized spacial score (nSPS) is 23.8. The highest BCUT2D eigenvalue weighted by Crippen LogP contribution is 2.52. The van der Waals surface area contributed by atoms with Gasteiger partial charge in [-0.05, 0) is 51.8 Å². The zero-order chi connectivity index (χ0) is 15.9. The van der Waals surface area contributed by atoms with E-state index in [1.807, 2.05) is 0 Å². The van der Waals surface area contributed by atoms with Crippen LogP contribution in [0, 0.1) is 0 Å². The average molecular weight is 310 g/mol. The lowest BCUT2D eigenvalue weighted by molar-refractivity contribution is 0.174. The number of hydrogen-bond acceptors (Lipinski definition) is 3. The Morgan fingerprint density at radius 1 is 1.17 bits per heavy atom. The van der Waals surface area contributed by atoms with Gasteiger partial charge in [-0.25, -0.2) is 9.67 Å². The van der Waals surface area contributed by atoms with Crippen LogP contribution in [0.4, 0.5) is 0 Å². The second-order valence-electron chi connectivity index (χ2n) is 7.05. The first-order valence-electron chi connectivity index (χ1n) is 8.95. The molecule has 0 N–H and O–H groups in total. The van der Waals surface area contributed by atoms with Crippen LogP contribution in [0.3, 0.4) is 0 Å². The molecule has 0 radical (unpaired) electrons. The third-order valence-electron chi connectivity index (χ3n) is 5.57. The highest BCUT2D eigenvalue weighted by Gasteiger charge is 2.50. The Morgan fingerprint density at radius 2 is 1.96 bits per heavy atom. The summed E-state index contributed by atoms with van der Waals surface area (Å²) in [7, 11) is 2.22. The fourth-order valence-corrected chi connectivity index (χ4v) is 3.96. The molecule has 1 aromatic carbocycles. The lowest BCUT2D eigenvalue weighted by Gasteiger charge is -2.31. The quantitative estimate of drug-likeness (QED) is 0.866. The van der Waals surface area contributed by atoms with Gasteiger partial charge in [0, 0.05) is 6.54 Å². The van der Waals surface area contributed by atoms with Crippen LogP contribution in [0.15, 0.2) is 30.3 Å². The largest absolute Gasteiger partial charge is 0.297 e. The first-order valence-corrected chi connectivity index (χ1v) is 8.95. The molecule has 4 nitrogen and oxygen atoms in total. The molecule has 2 aromatic rings. The van der Waals surface area contributed by atoms with Crippen molar-refractivity contribution in [2.75, 3.05) is 13.6 Å². The molecule has 0 amide bonds. The molecule has 1 saturated heterocycles. The van der Waals surface area contributed by atoms with Gasteiger partial charge >= 0.3 is 0 Å². The number of hydrogen-bond donors (Lipinski definition) is 0. The Labute approximate surface area is 138 Å². The molecule has 1 aromatic heterocycles. The molecule has 1 aliphatic carbocycles. The van der Waals surface area contributed by atoms with Crippen LogP contribution < -0.4 is 0 Å². The molecule has 1 unspecified atom stereocenters. The third-order valence-corrected chi connectivity index (χ3v) is 5.57. The number of piperidine rings is 1. The summed E-state index contributed by atoms with van der Waals surface area (Å²) in [5.41, 5.74) is 1.45. The molecule has 0 bridgehead atoms. The van der Waals surface area contributed by atoms with Crippen molar-refractivity contribution >= 4 is 0 Å². The van der Waals surface area contributed by atoms with Crippen molar-refractivity contribution in [2.24, 2.45) is 0 Å². The SMILES string of the molecule is CCn1nc(C2(c3ccccc3)CC2)nc1C1CCCCN1C. The van der Waals surface area contributed by atoms with Gasteiger partial charge in [-0.2, -0.15) is 5.10 Å². The van der Waals surface area contributed by atoms with E-state index in [0.717, 1.165) is 12.4 Å². The van der Waals surface area contributed by atoms with Gasteiger partial charge in [0.1, 0.15) is 5.82 Å². The summed E-state index contributed by atoms with van der Waals surface area (Å²) in [6.07, 6.45) is 6.14. The van der Waals surface area contributed by atoms with Crippen LogP contribution in [-0.2, 0) is 12.0 Å². The van der Waals surface area contributed by atoms with Gasteiger partial charge < -0.3 is 0 Å². The topological polar surface area (TPSA) is 34.0 Å². The Balaban J connectivity index is 1.71. The minimum atomic E-state index is 0.0731. The van der Waals surface area contributed by atoms with Gasteiger partial charge in [0.25, 0.3) is 0 Å². The van der Waals surface area contributed by atoms with Crippen LogP contribution in [0.25, 0.3) is 0 Å². The molecule has 23 heavy (non-hydrogen) atoms. The lowest BCUT2D eigenvalue weighted by Crippen LogP contribution is -2.31. The predicted octanol–water partition coefficient (Wildman–Crippen LogP) is 3.53. The second kappa shape index (κ2) is 5.75. The molecule has 0 spiro atoms. The maximum atomic E-state index is 5.08. The Kier molecular flexibility index (Phi) is 3.72. The minimum absolute atomic E-state index is 0.0731. The van der Waals surface area contributed by atoms with E-state index >= 15 is 0 Å². The molecule has 1 aliphatic heterocycles. The summed E-state index contributed by atoms with van der Waals surface area (Å²) in [6.45, 7) is 4.24. The van der Waals surface area contributed by atoms with Crippen molar-refractivity contribution in [1.29, 1.82) is 0 Å². The Hall–Kier alpha value is -1.68. The van der Waals surface area contributed by atoms with E-state index in [-0.39, 0.29) is 5.41 Å². The summed E-state index contributed by atoms with van der Waals surface area (Å²) in [5, 5.41) is 4.93. The van der Waals surface area contributed by atoms with Gasteiger partial charge in [0.2, 0.25) is 0 Å². The first kappa shape index (κ1) is 14.9. The molecular weight excluding hydrogens is 284 g/mol. The zero-order valence-corrected chi connectivity index (χ0v) is 14.2. The standard InChI is InChI=1S/C19H26N4/c1-3-23-17(16-11-7-8-14-22(16)2)20-18(21-23)19(12-13-19)15-9-5-4-6-10-15/h4-6,9-10,16H,3,7-8,11-14H2,1-2H3. The third kappa shape index (κ3) is 2.49. The summed E-state index contributed by atoms with van der Waals surface area (Å²) in [4.78, 5) is 7.53. The number of aryl methyl sites for hydroxylation is 1. The molecule has 1 saturated carbocycles. The smallest absolute Gasteiger partial charge is 0.161 e. The van der Waals surface area contributed by atoms with E-state index in [0.29, 0.717) is 6.04 Å². The molecule has 2 fully saturated rings. The van der Waals surface area contributed by atoms with Crippen molar-refractivity contribution in [1.82, 2.24) is 19.7 Å². The zero-order valence-electron chi connectivity index (χ0n) is 14.2. The number of likely N-dealkylation sites (tertiary alicyclic amines) is 1. The summed E-state index contributed by atoms with van der Waals surface area (Å²) in [5.74, 6) is 2.21. The van der Waals surface area contributed by atoms with Gasteiger partial charge in [0.15, 0.2) is 5.82 Å². The Morgan fingerprint density at radius 3 is 2.61 bits per heavy atom. The summed E-state index contributed by atoms with van der Waals surface area (Å²) < 4.78 is 2.14. The number of rotatable bonds is 4. The first-order chi connectivity index (χ1) is 11.2. The minimum Gasteiger partial charge on any atom is -0.297 e. The van der Waals surface area contributed by atoms with Crippen molar-refractivity contribution in [2.45, 2.75) is 57.0 Å². The fourth-order valence-electron chi connectivity index (χ4n) is 3.96. The van der Waals surface area contributed by atoms with Gasteiger partial charge in [-0.1, -0.05) is 36.8 Å². The maximum absolute atomic E-state index is 5.08. The van der Waals surface area contributed by atoms with Gasteiger partial charge in [0.05, 0.1) is 11.5 Å². The molecule has 2 aliphatic rings.